The van der Waals surface area contributed by atoms with Gasteiger partial charge in [-0.3, -0.25) is 9.11 Å². The first-order valence-corrected chi connectivity index (χ1v) is 12.9. The number of amides is 1. The van der Waals surface area contributed by atoms with Gasteiger partial charge in [-0.05, 0) is 56.5 Å². The van der Waals surface area contributed by atoms with Gasteiger partial charge in [-0.1, -0.05) is 47.5 Å². The van der Waals surface area contributed by atoms with Crippen LogP contribution in [0.4, 0.5) is 10.5 Å². The van der Waals surface area contributed by atoms with Crippen molar-refractivity contribution in [3.05, 3.63) is 63.6 Å². The Balaban J connectivity index is 1.55. The van der Waals surface area contributed by atoms with E-state index in [1.54, 1.807) is 17.0 Å². The average molecular weight is 527 g/mol. The Hall–Kier alpha value is -1.84. The van der Waals surface area contributed by atoms with Crippen LogP contribution in [0.2, 0.25) is 10.0 Å². The maximum atomic E-state index is 12.2. The number of ether oxygens (including phenoxy) is 1. The molecular formula is C24H30Cl2N3O4S-. The molecule has 1 heterocycles. The van der Waals surface area contributed by atoms with Gasteiger partial charge in [-0.25, -0.2) is 4.79 Å². The van der Waals surface area contributed by atoms with Gasteiger partial charge in [-0.15, -0.1) is 0 Å². The van der Waals surface area contributed by atoms with Gasteiger partial charge in [-0.2, -0.15) is 0 Å². The Morgan fingerprint density at radius 3 is 2.32 bits per heavy atom. The molecule has 34 heavy (non-hydrogen) atoms. The Labute approximate surface area is 214 Å². The zero-order chi connectivity index (χ0) is 24.9. The van der Waals surface area contributed by atoms with Crippen molar-refractivity contribution < 1.29 is 18.3 Å². The van der Waals surface area contributed by atoms with Crippen molar-refractivity contribution in [2.45, 2.75) is 39.3 Å². The molecule has 2 aromatic rings. The number of piperazine rings is 1. The topological polar surface area (TPSA) is 76.2 Å². The Kier molecular flexibility index (Phi) is 9.23. The van der Waals surface area contributed by atoms with Crippen LogP contribution < -0.4 is 4.31 Å². The molecule has 0 bridgehead atoms. The van der Waals surface area contributed by atoms with Gasteiger partial charge in [0.05, 0.1) is 10.0 Å². The van der Waals surface area contributed by atoms with Crippen LogP contribution in [0.15, 0.2) is 42.5 Å². The number of halogens is 2. The van der Waals surface area contributed by atoms with Crippen molar-refractivity contribution in [2.24, 2.45) is 0 Å². The first-order valence-electron chi connectivity index (χ1n) is 11.1. The number of anilines is 1. The summed E-state index contributed by atoms with van der Waals surface area (Å²) in [5.41, 5.74) is 1.96. The zero-order valence-electron chi connectivity index (χ0n) is 19.6. The van der Waals surface area contributed by atoms with Crippen LogP contribution >= 0.6 is 23.2 Å². The summed E-state index contributed by atoms with van der Waals surface area (Å²) in [4.78, 5) is 16.2. The summed E-state index contributed by atoms with van der Waals surface area (Å²) < 4.78 is 30.5. The van der Waals surface area contributed by atoms with Gasteiger partial charge in [0.15, 0.2) is 0 Å². The molecule has 0 saturated carbocycles. The number of benzene rings is 2. The smallest absolute Gasteiger partial charge is 0.410 e. The van der Waals surface area contributed by atoms with Crippen molar-refractivity contribution in [2.75, 3.05) is 37.0 Å². The first-order chi connectivity index (χ1) is 16.0. The van der Waals surface area contributed by atoms with Crippen molar-refractivity contribution in [1.82, 2.24) is 9.80 Å². The fourth-order valence-corrected chi connectivity index (χ4v) is 4.64. The summed E-state index contributed by atoms with van der Waals surface area (Å²) >= 11 is 9.87. The van der Waals surface area contributed by atoms with Gasteiger partial charge < -0.3 is 18.5 Å². The molecule has 186 valence electrons. The summed E-state index contributed by atoms with van der Waals surface area (Å²) in [6, 6.07) is 12.8. The maximum absolute atomic E-state index is 12.2. The van der Waals surface area contributed by atoms with E-state index in [-0.39, 0.29) is 12.6 Å². The lowest BCUT2D eigenvalue weighted by Gasteiger charge is -2.35. The van der Waals surface area contributed by atoms with Crippen molar-refractivity contribution >= 4 is 46.2 Å². The van der Waals surface area contributed by atoms with Crippen LogP contribution in [-0.2, 0) is 29.0 Å². The molecule has 3 rings (SSSR count). The maximum Gasteiger partial charge on any atom is 0.410 e. The molecule has 7 nitrogen and oxygen atoms in total. The number of nitrogens with zero attached hydrogens (tertiary/aromatic N) is 3. The number of hydrogen-bond acceptors (Lipinski definition) is 5. The predicted octanol–water partition coefficient (Wildman–Crippen LogP) is 4.89. The van der Waals surface area contributed by atoms with Crippen LogP contribution in [0.25, 0.3) is 0 Å². The van der Waals surface area contributed by atoms with Crippen molar-refractivity contribution in [3.63, 3.8) is 0 Å². The molecule has 1 amide bonds. The molecule has 1 aliphatic heterocycles. The van der Waals surface area contributed by atoms with E-state index in [9.17, 15) is 13.6 Å². The quantitative estimate of drug-likeness (QED) is 0.480. The third-order valence-corrected chi connectivity index (χ3v) is 7.06. The molecule has 1 fully saturated rings. The third-order valence-electron chi connectivity index (χ3n) is 5.45. The first kappa shape index (κ1) is 26.8. The van der Waals surface area contributed by atoms with Crippen molar-refractivity contribution in [1.29, 1.82) is 0 Å². The summed E-state index contributed by atoms with van der Waals surface area (Å²) in [6.07, 6.45) is 0.165. The number of carbonyl (C=O) groups is 1. The van der Waals surface area contributed by atoms with Gasteiger partial charge in [0.1, 0.15) is 5.60 Å². The summed E-state index contributed by atoms with van der Waals surface area (Å²) in [7, 11) is 0. The van der Waals surface area contributed by atoms with E-state index in [1.165, 1.54) is 4.31 Å². The lowest BCUT2D eigenvalue weighted by molar-refractivity contribution is 0.0139. The van der Waals surface area contributed by atoms with Crippen LogP contribution in [0.3, 0.4) is 0 Å². The van der Waals surface area contributed by atoms with Crippen LogP contribution in [0.5, 0.6) is 0 Å². The number of carbonyl (C=O) groups excluding carboxylic acids is 1. The Morgan fingerprint density at radius 2 is 1.74 bits per heavy atom. The molecule has 1 unspecified atom stereocenters. The molecule has 1 aliphatic rings. The standard InChI is InChI=1S/C24H31Cl2N3O4S/c1-24(2,3)33-23(30)28-15-13-27(14-16-28)17-18-7-9-20(10-8-18)29(34(31)32)12-11-19-5-4-6-21(25)22(19)26/h4-10H,11-17H2,1-3H3,(H,31,32)/p-1. The largest absolute Gasteiger partial charge is 0.755 e. The second-order valence-electron chi connectivity index (χ2n) is 9.19. The molecule has 2 aromatic carbocycles. The third kappa shape index (κ3) is 7.58. The minimum atomic E-state index is -2.42. The average Bonchev–Trinajstić information content (AvgIpc) is 2.77. The lowest BCUT2D eigenvalue weighted by Crippen LogP contribution is -2.49. The molecule has 0 aliphatic carbocycles. The minimum absolute atomic E-state index is 0.252. The minimum Gasteiger partial charge on any atom is -0.755 e. The van der Waals surface area contributed by atoms with E-state index < -0.39 is 16.9 Å². The molecule has 10 heteroatoms. The van der Waals surface area contributed by atoms with E-state index in [1.807, 2.05) is 51.1 Å². The molecule has 0 aromatic heterocycles. The van der Waals surface area contributed by atoms with Crippen LogP contribution in [0, 0.1) is 0 Å². The van der Waals surface area contributed by atoms with Gasteiger partial charge in [0, 0.05) is 56.2 Å². The van der Waals surface area contributed by atoms with E-state index >= 15 is 0 Å². The molecule has 1 atom stereocenters. The number of hydrogen-bond donors (Lipinski definition) is 0. The lowest BCUT2D eigenvalue weighted by atomic mass is 10.1. The van der Waals surface area contributed by atoms with E-state index in [4.69, 9.17) is 27.9 Å². The molecular weight excluding hydrogens is 497 g/mol. The summed E-state index contributed by atoms with van der Waals surface area (Å²) in [5.74, 6) is 0. The van der Waals surface area contributed by atoms with Crippen LogP contribution in [0.1, 0.15) is 31.9 Å². The van der Waals surface area contributed by atoms with E-state index in [0.717, 1.165) is 30.8 Å². The second-order valence-corrected chi connectivity index (χ2v) is 10.9. The SMILES string of the molecule is CC(C)(C)OC(=O)N1CCN(Cc2ccc(N(CCc3cccc(Cl)c3Cl)S(=O)[O-])cc2)CC1. The summed E-state index contributed by atoms with van der Waals surface area (Å²) in [6.45, 7) is 9.28. The molecule has 0 radical (unpaired) electrons. The second kappa shape index (κ2) is 11.7. The highest BCUT2D eigenvalue weighted by Gasteiger charge is 2.25. The summed E-state index contributed by atoms with van der Waals surface area (Å²) in [5, 5.41) is 0.896. The Bertz CT molecular complexity index is 1010. The van der Waals surface area contributed by atoms with Crippen LogP contribution in [-0.4, -0.2) is 63.0 Å². The normalized spacial score (nSPS) is 15.8. The van der Waals surface area contributed by atoms with Crippen molar-refractivity contribution in [3.8, 4) is 0 Å². The van der Waals surface area contributed by atoms with Gasteiger partial charge in [0.2, 0.25) is 0 Å². The fraction of sp³-hybridized carbons (Fsp3) is 0.458. The fourth-order valence-electron chi connectivity index (χ4n) is 3.69. The predicted molar refractivity (Wildman–Crippen MR) is 136 cm³/mol. The number of rotatable bonds is 7. The Morgan fingerprint density at radius 1 is 1.09 bits per heavy atom. The van der Waals surface area contributed by atoms with Gasteiger partial charge in [0.25, 0.3) is 0 Å². The van der Waals surface area contributed by atoms with E-state index in [0.29, 0.717) is 35.2 Å². The highest BCUT2D eigenvalue weighted by molar-refractivity contribution is 7.80. The van der Waals surface area contributed by atoms with Gasteiger partial charge >= 0.3 is 6.09 Å². The molecule has 1 saturated heterocycles. The molecule has 0 spiro atoms. The molecule has 0 N–H and O–H groups in total. The highest BCUT2D eigenvalue weighted by Crippen LogP contribution is 2.27. The zero-order valence-corrected chi connectivity index (χ0v) is 22.0. The monoisotopic (exact) mass is 526 g/mol. The van der Waals surface area contributed by atoms with E-state index in [2.05, 4.69) is 4.90 Å². The highest BCUT2D eigenvalue weighted by atomic mass is 35.5.